The summed E-state index contributed by atoms with van der Waals surface area (Å²) in [5.41, 5.74) is 8.64. The molecular weight excluding hydrogens is 520 g/mol. The fourth-order valence-electron chi connectivity index (χ4n) is 5.74. The molecule has 7 heteroatoms. The number of aryl methyl sites for hydroxylation is 2. The van der Waals surface area contributed by atoms with Crippen molar-refractivity contribution in [1.82, 2.24) is 29.8 Å². The standard InChI is InChI=1S/C35H42N6O/c1-6-8-9-15-28-24-41(32-27(13-7-2)14-12-18-31(32)35(3,4)5)34(42)40(28)23-25-19-21-26(22-20-25)29-16-10-11-17-30(29)33-36-38-39-37-33/h10-12,14,16-22,24H,6-9,13,15,23H2,1-5H3,(H,36,37,38,39). The van der Waals surface area contributed by atoms with E-state index in [1.807, 2.05) is 27.3 Å². The molecule has 218 valence electrons. The van der Waals surface area contributed by atoms with Crippen LogP contribution in [0.4, 0.5) is 0 Å². The van der Waals surface area contributed by atoms with Gasteiger partial charge >= 0.3 is 5.69 Å². The van der Waals surface area contributed by atoms with Crippen molar-refractivity contribution in [2.75, 3.05) is 0 Å². The molecule has 0 amide bonds. The third-order valence-corrected chi connectivity index (χ3v) is 7.91. The molecule has 2 heterocycles. The lowest BCUT2D eigenvalue weighted by Crippen LogP contribution is -2.27. The molecule has 1 N–H and O–H groups in total. The Balaban J connectivity index is 1.54. The fourth-order valence-corrected chi connectivity index (χ4v) is 5.74. The lowest BCUT2D eigenvalue weighted by Gasteiger charge is -2.25. The van der Waals surface area contributed by atoms with Crippen LogP contribution in [-0.2, 0) is 24.8 Å². The van der Waals surface area contributed by atoms with Gasteiger partial charge in [-0.25, -0.2) is 4.79 Å². The number of unbranched alkanes of at least 4 members (excludes halogenated alkanes) is 2. The van der Waals surface area contributed by atoms with Crippen molar-refractivity contribution < 1.29 is 0 Å². The first-order valence-electron chi connectivity index (χ1n) is 15.2. The number of aromatic nitrogens is 6. The Morgan fingerprint density at radius 2 is 1.60 bits per heavy atom. The Morgan fingerprint density at radius 3 is 2.26 bits per heavy atom. The quantitative estimate of drug-likeness (QED) is 0.169. The Morgan fingerprint density at radius 1 is 0.833 bits per heavy atom. The van der Waals surface area contributed by atoms with Gasteiger partial charge in [0.15, 0.2) is 0 Å². The first-order valence-corrected chi connectivity index (χ1v) is 15.2. The molecule has 0 unspecified atom stereocenters. The van der Waals surface area contributed by atoms with Gasteiger partial charge in [0.25, 0.3) is 0 Å². The maximum atomic E-state index is 14.2. The number of nitrogens with zero attached hydrogens (tertiary/aromatic N) is 5. The number of nitrogens with one attached hydrogen (secondary N) is 1. The Hall–Kier alpha value is -4.26. The number of benzene rings is 3. The SMILES string of the molecule is CCCCCc1cn(-c2c(CCC)cccc2C(C)(C)C)c(=O)n1Cc1ccc(-c2ccccc2-c2nn[nH]n2)cc1. The molecule has 0 atom stereocenters. The molecule has 42 heavy (non-hydrogen) atoms. The summed E-state index contributed by atoms with van der Waals surface area (Å²) in [6, 6.07) is 23.0. The van der Waals surface area contributed by atoms with Crippen LogP contribution in [0.3, 0.4) is 0 Å². The molecule has 7 nitrogen and oxygen atoms in total. The summed E-state index contributed by atoms with van der Waals surface area (Å²) in [4.78, 5) is 14.2. The van der Waals surface area contributed by atoms with E-state index in [0.717, 1.165) is 72.2 Å². The van der Waals surface area contributed by atoms with E-state index in [0.29, 0.717) is 12.4 Å². The lowest BCUT2D eigenvalue weighted by atomic mass is 9.84. The second-order valence-corrected chi connectivity index (χ2v) is 12.1. The molecule has 0 aliphatic rings. The first-order chi connectivity index (χ1) is 20.3. The van der Waals surface area contributed by atoms with Crippen molar-refractivity contribution in [3.05, 3.63) is 106 Å². The van der Waals surface area contributed by atoms with E-state index in [-0.39, 0.29) is 11.1 Å². The fraction of sp³-hybridized carbons (Fsp3) is 0.371. The van der Waals surface area contributed by atoms with E-state index >= 15 is 0 Å². The van der Waals surface area contributed by atoms with Crippen LogP contribution >= 0.6 is 0 Å². The van der Waals surface area contributed by atoms with Crippen LogP contribution in [0.15, 0.2) is 77.7 Å². The predicted molar refractivity (Wildman–Crippen MR) is 170 cm³/mol. The summed E-state index contributed by atoms with van der Waals surface area (Å²) >= 11 is 0. The maximum absolute atomic E-state index is 14.2. The molecule has 0 saturated heterocycles. The average Bonchev–Trinajstić information content (AvgIpc) is 3.62. The first kappa shape index (κ1) is 29.2. The monoisotopic (exact) mass is 562 g/mol. The topological polar surface area (TPSA) is 81.4 Å². The van der Waals surface area contributed by atoms with E-state index in [9.17, 15) is 4.79 Å². The van der Waals surface area contributed by atoms with Gasteiger partial charge in [-0.3, -0.25) is 9.13 Å². The van der Waals surface area contributed by atoms with Crippen molar-refractivity contribution >= 4 is 0 Å². The molecule has 0 radical (unpaired) electrons. The van der Waals surface area contributed by atoms with Gasteiger partial charge in [-0.2, -0.15) is 5.21 Å². The molecule has 5 aromatic rings. The number of aromatic amines is 1. The van der Waals surface area contributed by atoms with Gasteiger partial charge in [0.05, 0.1) is 12.2 Å². The highest BCUT2D eigenvalue weighted by molar-refractivity contribution is 5.80. The number of H-pyrrole nitrogens is 1. The molecule has 5 rings (SSSR count). The predicted octanol–water partition coefficient (Wildman–Crippen LogP) is 7.52. The van der Waals surface area contributed by atoms with Crippen LogP contribution in [0.2, 0.25) is 0 Å². The summed E-state index contributed by atoms with van der Waals surface area (Å²) in [5.74, 6) is 0.567. The highest BCUT2D eigenvalue weighted by Gasteiger charge is 2.24. The highest BCUT2D eigenvalue weighted by atomic mass is 16.1. The second kappa shape index (κ2) is 12.7. The van der Waals surface area contributed by atoms with Gasteiger partial charge in [-0.1, -0.05) is 121 Å². The van der Waals surface area contributed by atoms with Gasteiger partial charge in [-0.05, 0) is 57.7 Å². The Labute approximate surface area is 248 Å². The van der Waals surface area contributed by atoms with Gasteiger partial charge < -0.3 is 0 Å². The normalized spacial score (nSPS) is 11.7. The third-order valence-electron chi connectivity index (χ3n) is 7.91. The van der Waals surface area contributed by atoms with Gasteiger partial charge in [0, 0.05) is 17.5 Å². The van der Waals surface area contributed by atoms with Gasteiger partial charge in [0.2, 0.25) is 5.82 Å². The third kappa shape index (κ3) is 6.15. The number of hydrogen-bond acceptors (Lipinski definition) is 4. The molecule has 0 spiro atoms. The van der Waals surface area contributed by atoms with Crippen LogP contribution in [0.25, 0.3) is 28.2 Å². The largest absolute Gasteiger partial charge is 0.333 e. The summed E-state index contributed by atoms with van der Waals surface area (Å²) in [5, 5.41) is 14.6. The smallest absolute Gasteiger partial charge is 0.292 e. The van der Waals surface area contributed by atoms with Gasteiger partial charge in [0.1, 0.15) is 0 Å². The zero-order valence-corrected chi connectivity index (χ0v) is 25.5. The van der Waals surface area contributed by atoms with E-state index in [1.54, 1.807) is 0 Å². The minimum Gasteiger partial charge on any atom is -0.292 e. The zero-order valence-electron chi connectivity index (χ0n) is 25.5. The molecule has 0 fully saturated rings. The minimum absolute atomic E-state index is 0.0297. The molecule has 0 saturated carbocycles. The van der Waals surface area contributed by atoms with Crippen molar-refractivity contribution in [3.8, 4) is 28.2 Å². The van der Waals surface area contributed by atoms with Crippen LogP contribution in [0.1, 0.15) is 82.7 Å². The summed E-state index contributed by atoms with van der Waals surface area (Å²) in [6.07, 6.45) is 8.31. The molecule has 3 aromatic carbocycles. The van der Waals surface area contributed by atoms with Gasteiger partial charge in [-0.15, -0.1) is 10.2 Å². The summed E-state index contributed by atoms with van der Waals surface area (Å²) in [6.45, 7) is 11.6. The van der Waals surface area contributed by atoms with Crippen LogP contribution in [-0.4, -0.2) is 29.8 Å². The second-order valence-electron chi connectivity index (χ2n) is 12.1. The number of rotatable bonds is 11. The number of para-hydroxylation sites is 1. The number of imidazole rings is 1. The van der Waals surface area contributed by atoms with Crippen LogP contribution < -0.4 is 5.69 Å². The van der Waals surface area contributed by atoms with Crippen molar-refractivity contribution in [3.63, 3.8) is 0 Å². The molecule has 0 aliphatic carbocycles. The number of tetrazole rings is 1. The number of hydrogen-bond donors (Lipinski definition) is 1. The van der Waals surface area contributed by atoms with E-state index in [4.69, 9.17) is 0 Å². The summed E-state index contributed by atoms with van der Waals surface area (Å²) in [7, 11) is 0. The van der Waals surface area contributed by atoms with Crippen molar-refractivity contribution in [2.45, 2.75) is 85.1 Å². The average molecular weight is 563 g/mol. The van der Waals surface area contributed by atoms with Crippen LogP contribution in [0.5, 0.6) is 0 Å². The zero-order chi connectivity index (χ0) is 29.7. The molecule has 0 bridgehead atoms. The maximum Gasteiger partial charge on any atom is 0.333 e. The van der Waals surface area contributed by atoms with Crippen molar-refractivity contribution in [1.29, 1.82) is 0 Å². The molecular formula is C35H42N6O. The van der Waals surface area contributed by atoms with E-state index < -0.39 is 0 Å². The Kier molecular flexibility index (Phi) is 8.86. The lowest BCUT2D eigenvalue weighted by molar-refractivity contribution is 0.582. The van der Waals surface area contributed by atoms with Crippen LogP contribution in [0, 0.1) is 0 Å². The summed E-state index contributed by atoms with van der Waals surface area (Å²) < 4.78 is 3.91. The minimum atomic E-state index is -0.0867. The van der Waals surface area contributed by atoms with E-state index in [1.165, 1.54) is 11.1 Å². The molecule has 2 aromatic heterocycles. The Bertz CT molecular complexity index is 1670. The highest BCUT2D eigenvalue weighted by Crippen LogP contribution is 2.32. The van der Waals surface area contributed by atoms with E-state index in [2.05, 4.69) is 110 Å². The molecule has 0 aliphatic heterocycles. The van der Waals surface area contributed by atoms with Crippen molar-refractivity contribution in [2.24, 2.45) is 0 Å².